The van der Waals surface area contributed by atoms with Crippen LogP contribution in [0.25, 0.3) is 0 Å². The first-order valence-electron chi connectivity index (χ1n) is 8.69. The Kier molecular flexibility index (Phi) is 5.99. The molecule has 2 aliphatic rings. The van der Waals surface area contributed by atoms with Crippen LogP contribution in [0, 0.1) is 0 Å². The fraction of sp³-hybridized carbons (Fsp3) is 0.611. The molecule has 1 fully saturated rings. The quantitative estimate of drug-likeness (QED) is 0.458. The number of hydrogen-bond donors (Lipinski definition) is 2. The molecule has 0 unspecified atom stereocenters. The molecule has 1 aromatic carbocycles. The van der Waals surface area contributed by atoms with Gasteiger partial charge in [-0.2, -0.15) is 0 Å². The molecular weight excluding hydrogens is 322 g/mol. The molecule has 3 rings (SSSR count). The van der Waals surface area contributed by atoms with Crippen molar-refractivity contribution in [3.63, 3.8) is 0 Å². The van der Waals surface area contributed by atoms with Gasteiger partial charge in [-0.1, -0.05) is 6.07 Å². The highest BCUT2D eigenvalue weighted by atomic mass is 16.7. The maximum absolute atomic E-state index is 5.61. The predicted molar refractivity (Wildman–Crippen MR) is 95.5 cm³/mol. The Labute approximate surface area is 148 Å². The average molecular weight is 349 g/mol. The third-order valence-corrected chi connectivity index (χ3v) is 4.85. The highest BCUT2D eigenvalue weighted by Gasteiger charge is 2.35. The van der Waals surface area contributed by atoms with E-state index >= 15 is 0 Å². The molecule has 25 heavy (non-hydrogen) atoms. The van der Waals surface area contributed by atoms with Crippen LogP contribution in [0.4, 0.5) is 0 Å². The zero-order valence-corrected chi connectivity index (χ0v) is 15.0. The van der Waals surface area contributed by atoms with E-state index in [0.29, 0.717) is 13.4 Å². The van der Waals surface area contributed by atoms with Crippen LogP contribution in [-0.4, -0.2) is 59.8 Å². The second kappa shape index (κ2) is 8.40. The fourth-order valence-corrected chi connectivity index (χ4v) is 3.30. The topological polar surface area (TPSA) is 73.3 Å². The van der Waals surface area contributed by atoms with E-state index in [1.807, 2.05) is 6.07 Å². The van der Waals surface area contributed by atoms with E-state index in [0.717, 1.165) is 56.6 Å². The van der Waals surface area contributed by atoms with Gasteiger partial charge < -0.3 is 29.6 Å². The average Bonchev–Trinajstić information content (AvgIpc) is 3.13. The van der Waals surface area contributed by atoms with Gasteiger partial charge in [0.15, 0.2) is 17.5 Å². The molecule has 0 aliphatic carbocycles. The summed E-state index contributed by atoms with van der Waals surface area (Å²) in [6.45, 7) is 3.95. The molecular formula is C18H27N3O4. The second-order valence-electron chi connectivity index (χ2n) is 6.31. The van der Waals surface area contributed by atoms with Gasteiger partial charge in [-0.25, -0.2) is 0 Å². The Morgan fingerprint density at radius 3 is 2.76 bits per heavy atom. The van der Waals surface area contributed by atoms with Crippen LogP contribution in [-0.2, 0) is 14.9 Å². The maximum Gasteiger partial charge on any atom is 0.231 e. The Morgan fingerprint density at radius 1 is 1.20 bits per heavy atom. The predicted octanol–water partition coefficient (Wildman–Crippen LogP) is 1.27. The minimum absolute atomic E-state index is 0.0158. The summed E-state index contributed by atoms with van der Waals surface area (Å²) in [4.78, 5) is 4.29. The molecule has 0 radical (unpaired) electrons. The van der Waals surface area contributed by atoms with Crippen LogP contribution in [0.5, 0.6) is 11.5 Å². The summed E-state index contributed by atoms with van der Waals surface area (Å²) < 4.78 is 21.7. The van der Waals surface area contributed by atoms with Crippen LogP contribution >= 0.6 is 0 Å². The Morgan fingerprint density at radius 2 is 2.00 bits per heavy atom. The molecule has 2 aliphatic heterocycles. The Bertz CT molecular complexity index is 600. The van der Waals surface area contributed by atoms with Crippen molar-refractivity contribution in [2.45, 2.75) is 18.3 Å². The van der Waals surface area contributed by atoms with Gasteiger partial charge >= 0.3 is 0 Å². The van der Waals surface area contributed by atoms with Crippen LogP contribution in [0.1, 0.15) is 18.4 Å². The van der Waals surface area contributed by atoms with E-state index in [1.54, 1.807) is 14.2 Å². The standard InChI is InChI=1S/C18H27N3O4/c1-19-17(20-7-10-22-2)21-12-18(5-8-23-9-6-18)14-3-4-15-16(11-14)25-13-24-15/h3-4,11H,5-10,12-13H2,1-2H3,(H2,19,20,21). The lowest BCUT2D eigenvalue weighted by Gasteiger charge is -2.38. The van der Waals surface area contributed by atoms with Crippen molar-refractivity contribution in [2.24, 2.45) is 4.99 Å². The normalized spacial score (nSPS) is 18.9. The summed E-state index contributed by atoms with van der Waals surface area (Å²) in [6, 6.07) is 6.25. The summed E-state index contributed by atoms with van der Waals surface area (Å²) in [5.41, 5.74) is 1.23. The molecule has 7 nitrogen and oxygen atoms in total. The first-order chi connectivity index (χ1) is 12.3. The molecule has 0 bridgehead atoms. The molecule has 0 saturated carbocycles. The van der Waals surface area contributed by atoms with Crippen molar-refractivity contribution in [2.75, 3.05) is 53.9 Å². The number of aliphatic imine (C=N–C) groups is 1. The summed E-state index contributed by atoms with van der Waals surface area (Å²) in [6.07, 6.45) is 1.91. The molecule has 0 atom stereocenters. The Balaban J connectivity index is 1.72. The van der Waals surface area contributed by atoms with Gasteiger partial charge in [0.25, 0.3) is 0 Å². The number of fused-ring (bicyclic) bond motifs is 1. The molecule has 1 saturated heterocycles. The molecule has 7 heteroatoms. The van der Waals surface area contributed by atoms with Gasteiger partial charge in [-0.3, -0.25) is 4.99 Å². The van der Waals surface area contributed by atoms with Crippen molar-refractivity contribution >= 4 is 5.96 Å². The molecule has 2 N–H and O–H groups in total. The smallest absolute Gasteiger partial charge is 0.231 e. The van der Waals surface area contributed by atoms with E-state index in [1.165, 1.54) is 5.56 Å². The number of benzene rings is 1. The van der Waals surface area contributed by atoms with E-state index < -0.39 is 0 Å². The van der Waals surface area contributed by atoms with Crippen LogP contribution < -0.4 is 20.1 Å². The van der Waals surface area contributed by atoms with Crippen molar-refractivity contribution in [3.8, 4) is 11.5 Å². The monoisotopic (exact) mass is 349 g/mol. The minimum Gasteiger partial charge on any atom is -0.454 e. The van der Waals surface area contributed by atoms with Crippen molar-refractivity contribution in [3.05, 3.63) is 23.8 Å². The molecule has 0 spiro atoms. The van der Waals surface area contributed by atoms with Gasteiger partial charge in [0.2, 0.25) is 6.79 Å². The highest BCUT2D eigenvalue weighted by molar-refractivity contribution is 5.79. The van der Waals surface area contributed by atoms with Gasteiger partial charge in [-0.15, -0.1) is 0 Å². The molecule has 1 aromatic rings. The molecule has 0 aromatic heterocycles. The fourth-order valence-electron chi connectivity index (χ4n) is 3.30. The lowest BCUT2D eigenvalue weighted by Crippen LogP contribution is -2.48. The van der Waals surface area contributed by atoms with E-state index in [9.17, 15) is 0 Å². The highest BCUT2D eigenvalue weighted by Crippen LogP contribution is 2.40. The number of methoxy groups -OCH3 is 1. The van der Waals surface area contributed by atoms with E-state index in [-0.39, 0.29) is 5.41 Å². The summed E-state index contributed by atoms with van der Waals surface area (Å²) in [7, 11) is 3.47. The summed E-state index contributed by atoms with van der Waals surface area (Å²) in [5, 5.41) is 6.72. The zero-order valence-electron chi connectivity index (χ0n) is 15.0. The zero-order chi connectivity index (χ0) is 17.5. The van der Waals surface area contributed by atoms with Gasteiger partial charge in [-0.05, 0) is 30.5 Å². The third kappa shape index (κ3) is 4.16. The largest absolute Gasteiger partial charge is 0.454 e. The Hall–Kier alpha value is -1.99. The molecule has 138 valence electrons. The van der Waals surface area contributed by atoms with Crippen molar-refractivity contribution < 1.29 is 18.9 Å². The molecule has 2 heterocycles. The second-order valence-corrected chi connectivity index (χ2v) is 6.31. The minimum atomic E-state index is -0.0158. The van der Waals surface area contributed by atoms with Gasteiger partial charge in [0.05, 0.1) is 6.61 Å². The van der Waals surface area contributed by atoms with Crippen LogP contribution in [0.15, 0.2) is 23.2 Å². The lowest BCUT2D eigenvalue weighted by molar-refractivity contribution is 0.0513. The third-order valence-electron chi connectivity index (χ3n) is 4.85. The van der Waals surface area contributed by atoms with Crippen LogP contribution in [0.3, 0.4) is 0 Å². The van der Waals surface area contributed by atoms with Crippen molar-refractivity contribution in [1.82, 2.24) is 10.6 Å². The first kappa shape index (κ1) is 17.8. The van der Waals surface area contributed by atoms with Crippen LogP contribution in [0.2, 0.25) is 0 Å². The number of nitrogens with one attached hydrogen (secondary N) is 2. The summed E-state index contributed by atoms with van der Waals surface area (Å²) >= 11 is 0. The molecule has 0 amide bonds. The van der Waals surface area contributed by atoms with Gasteiger partial charge in [0.1, 0.15) is 0 Å². The lowest BCUT2D eigenvalue weighted by atomic mass is 9.74. The van der Waals surface area contributed by atoms with E-state index in [4.69, 9.17) is 18.9 Å². The van der Waals surface area contributed by atoms with Gasteiger partial charge in [0, 0.05) is 45.9 Å². The van der Waals surface area contributed by atoms with E-state index in [2.05, 4.69) is 27.8 Å². The number of ether oxygens (including phenoxy) is 4. The first-order valence-corrected chi connectivity index (χ1v) is 8.69. The van der Waals surface area contributed by atoms with Crippen molar-refractivity contribution in [1.29, 1.82) is 0 Å². The number of hydrogen-bond acceptors (Lipinski definition) is 5. The number of nitrogens with zero attached hydrogens (tertiary/aromatic N) is 1. The summed E-state index contributed by atoms with van der Waals surface area (Å²) in [5.74, 6) is 2.42. The number of rotatable bonds is 6. The SMILES string of the molecule is CN=C(NCCOC)NCC1(c2ccc3c(c2)OCO3)CCOCC1. The maximum atomic E-state index is 5.61. The number of guanidine groups is 1.